The molecule has 1 N–H and O–H groups in total. The molecule has 0 aliphatic rings. The molecule has 0 atom stereocenters. The van der Waals surface area contributed by atoms with Crippen LogP contribution in [0.4, 0.5) is 8.78 Å². The van der Waals surface area contributed by atoms with Crippen molar-refractivity contribution in [1.82, 2.24) is 29.3 Å². The minimum absolute atomic E-state index is 0.159. The fraction of sp³-hybridized carbons (Fsp3) is 0.250. The number of rotatable bonds is 11. The SMILES string of the molecule is O=C(CCc1cc2cnccc2[nH]1)Cn1c(-c2cnn(C(F)F)c2)cnc(CCCc2ccccc2)c1=O. The molecule has 8 nitrogen and oxygen atoms in total. The Morgan fingerprint density at radius 2 is 1.87 bits per heavy atom. The van der Waals surface area contributed by atoms with Crippen LogP contribution in [0.3, 0.4) is 0 Å². The predicted octanol–water partition coefficient (Wildman–Crippen LogP) is 4.76. The van der Waals surface area contributed by atoms with Crippen molar-refractivity contribution < 1.29 is 13.6 Å². The number of aromatic nitrogens is 6. The number of hydrogen-bond donors (Lipinski definition) is 1. The van der Waals surface area contributed by atoms with Crippen LogP contribution >= 0.6 is 0 Å². The van der Waals surface area contributed by atoms with Gasteiger partial charge in [0, 0.05) is 47.2 Å². The lowest BCUT2D eigenvalue weighted by molar-refractivity contribution is -0.119. The van der Waals surface area contributed by atoms with E-state index in [9.17, 15) is 18.4 Å². The molecule has 4 heterocycles. The Balaban J connectivity index is 1.35. The average molecular weight is 517 g/mol. The lowest BCUT2D eigenvalue weighted by Gasteiger charge is -2.13. The van der Waals surface area contributed by atoms with Crippen molar-refractivity contribution in [3.63, 3.8) is 0 Å². The van der Waals surface area contributed by atoms with E-state index in [2.05, 4.69) is 20.1 Å². The van der Waals surface area contributed by atoms with E-state index < -0.39 is 12.1 Å². The molecule has 0 radical (unpaired) electrons. The molecule has 10 heteroatoms. The molecule has 0 spiro atoms. The monoisotopic (exact) mass is 516 g/mol. The predicted molar refractivity (Wildman–Crippen MR) is 139 cm³/mol. The van der Waals surface area contributed by atoms with Crippen LogP contribution in [-0.2, 0) is 30.6 Å². The van der Waals surface area contributed by atoms with Gasteiger partial charge in [0.2, 0.25) is 0 Å². The van der Waals surface area contributed by atoms with Crippen molar-refractivity contribution in [3.8, 4) is 11.3 Å². The van der Waals surface area contributed by atoms with Gasteiger partial charge in [-0.3, -0.25) is 24.1 Å². The van der Waals surface area contributed by atoms with Crippen molar-refractivity contribution in [3.05, 3.63) is 101 Å². The van der Waals surface area contributed by atoms with Crippen LogP contribution in [0.15, 0.2) is 78.2 Å². The highest BCUT2D eigenvalue weighted by Crippen LogP contribution is 2.21. The van der Waals surface area contributed by atoms with Gasteiger partial charge >= 0.3 is 6.55 Å². The molecule has 0 aliphatic heterocycles. The third-order valence-electron chi connectivity index (χ3n) is 6.43. The quantitative estimate of drug-likeness (QED) is 0.273. The van der Waals surface area contributed by atoms with Crippen LogP contribution in [0.5, 0.6) is 0 Å². The molecule has 194 valence electrons. The largest absolute Gasteiger partial charge is 0.358 e. The number of fused-ring (bicyclic) bond motifs is 1. The van der Waals surface area contributed by atoms with Gasteiger partial charge in [0.15, 0.2) is 5.78 Å². The normalized spacial score (nSPS) is 11.4. The number of ketones is 1. The number of aryl methyl sites for hydroxylation is 3. The van der Waals surface area contributed by atoms with E-state index in [1.165, 1.54) is 17.0 Å². The van der Waals surface area contributed by atoms with Gasteiger partial charge in [0.1, 0.15) is 5.69 Å². The summed E-state index contributed by atoms with van der Waals surface area (Å²) in [6, 6.07) is 13.7. The van der Waals surface area contributed by atoms with Crippen molar-refractivity contribution >= 4 is 16.7 Å². The lowest BCUT2D eigenvalue weighted by Crippen LogP contribution is -2.29. The Morgan fingerprint density at radius 3 is 2.63 bits per heavy atom. The molecule has 0 amide bonds. The molecular weight excluding hydrogens is 490 g/mol. The minimum Gasteiger partial charge on any atom is -0.358 e. The van der Waals surface area contributed by atoms with E-state index in [0.717, 1.165) is 34.8 Å². The van der Waals surface area contributed by atoms with Crippen molar-refractivity contribution in [1.29, 1.82) is 0 Å². The maximum Gasteiger partial charge on any atom is 0.333 e. The second kappa shape index (κ2) is 11.3. The summed E-state index contributed by atoms with van der Waals surface area (Å²) in [7, 11) is 0. The van der Waals surface area contributed by atoms with E-state index in [-0.39, 0.29) is 24.4 Å². The summed E-state index contributed by atoms with van der Waals surface area (Å²) in [5, 5.41) is 4.63. The first-order valence-electron chi connectivity index (χ1n) is 12.4. The minimum atomic E-state index is -2.82. The standard InChI is InChI=1S/C28H26F2N6O2/c29-28(30)36-17-21(15-33-36)26-16-32-25(8-4-7-19-5-2-1-3-6-19)27(38)35(26)18-23(37)10-9-22-13-20-14-31-12-11-24(20)34-22/h1-3,5-6,11-17,28,34H,4,7-10,18H2. The first kappa shape index (κ1) is 25.2. The molecular formula is C28H26F2N6O2. The zero-order valence-corrected chi connectivity index (χ0v) is 20.6. The van der Waals surface area contributed by atoms with E-state index in [0.29, 0.717) is 35.2 Å². The Morgan fingerprint density at radius 1 is 1.03 bits per heavy atom. The van der Waals surface area contributed by atoms with Crippen LogP contribution in [0.1, 0.15) is 36.3 Å². The number of alkyl halides is 2. The van der Waals surface area contributed by atoms with E-state index in [1.807, 2.05) is 42.5 Å². The second-order valence-electron chi connectivity index (χ2n) is 9.10. The molecule has 0 aliphatic carbocycles. The van der Waals surface area contributed by atoms with Gasteiger partial charge < -0.3 is 4.98 Å². The Labute approximate surface area is 217 Å². The highest BCUT2D eigenvalue weighted by molar-refractivity contribution is 5.81. The van der Waals surface area contributed by atoms with Crippen molar-refractivity contribution in [2.75, 3.05) is 0 Å². The Bertz CT molecular complexity index is 1570. The Kier molecular flexibility index (Phi) is 7.48. The van der Waals surface area contributed by atoms with Gasteiger partial charge in [-0.25, -0.2) is 4.68 Å². The third-order valence-corrected chi connectivity index (χ3v) is 6.43. The lowest BCUT2D eigenvalue weighted by atomic mass is 10.1. The maximum absolute atomic E-state index is 13.4. The highest BCUT2D eigenvalue weighted by Gasteiger charge is 2.18. The molecule has 5 aromatic rings. The second-order valence-corrected chi connectivity index (χ2v) is 9.10. The number of halogens is 2. The third kappa shape index (κ3) is 5.74. The zero-order valence-electron chi connectivity index (χ0n) is 20.6. The van der Waals surface area contributed by atoms with Gasteiger partial charge in [-0.1, -0.05) is 30.3 Å². The number of hydrogen-bond acceptors (Lipinski definition) is 5. The fourth-order valence-electron chi connectivity index (χ4n) is 4.47. The molecule has 0 saturated carbocycles. The van der Waals surface area contributed by atoms with Gasteiger partial charge in [0.05, 0.1) is 24.6 Å². The number of aromatic amines is 1. The molecule has 4 aromatic heterocycles. The molecule has 0 fully saturated rings. The van der Waals surface area contributed by atoms with Crippen LogP contribution < -0.4 is 5.56 Å². The number of benzene rings is 1. The fourth-order valence-corrected chi connectivity index (χ4v) is 4.47. The summed E-state index contributed by atoms with van der Waals surface area (Å²) in [5.41, 5.74) is 3.49. The summed E-state index contributed by atoms with van der Waals surface area (Å²) >= 11 is 0. The molecule has 1 aromatic carbocycles. The first-order valence-corrected chi connectivity index (χ1v) is 12.4. The number of carbonyl (C=O) groups is 1. The van der Waals surface area contributed by atoms with E-state index >= 15 is 0 Å². The van der Waals surface area contributed by atoms with Crippen molar-refractivity contribution in [2.24, 2.45) is 0 Å². The van der Waals surface area contributed by atoms with Gasteiger partial charge in [-0.2, -0.15) is 13.9 Å². The Hall–Kier alpha value is -4.47. The number of nitrogens with zero attached hydrogens (tertiary/aromatic N) is 5. The summed E-state index contributed by atoms with van der Waals surface area (Å²) in [4.78, 5) is 38.2. The van der Waals surface area contributed by atoms with Crippen LogP contribution in [0, 0.1) is 0 Å². The van der Waals surface area contributed by atoms with Gasteiger partial charge in [-0.15, -0.1) is 0 Å². The smallest absolute Gasteiger partial charge is 0.333 e. The number of carbonyl (C=O) groups excluding carboxylic acids is 1. The molecule has 0 saturated heterocycles. The average Bonchev–Trinajstić information content (AvgIpc) is 3.58. The van der Waals surface area contributed by atoms with Crippen molar-refractivity contribution in [2.45, 2.75) is 45.2 Å². The topological polar surface area (TPSA) is 98.5 Å². The molecule has 0 bridgehead atoms. The number of nitrogens with one attached hydrogen (secondary N) is 1. The summed E-state index contributed by atoms with van der Waals surface area (Å²) < 4.78 is 28.1. The van der Waals surface area contributed by atoms with Gasteiger partial charge in [0.25, 0.3) is 5.56 Å². The maximum atomic E-state index is 13.4. The van der Waals surface area contributed by atoms with E-state index in [4.69, 9.17) is 0 Å². The highest BCUT2D eigenvalue weighted by atomic mass is 19.3. The number of Topliss-reactive ketones (excluding diaryl/α,β-unsaturated/α-hetero) is 1. The number of H-pyrrole nitrogens is 1. The first-order chi connectivity index (χ1) is 18.5. The summed E-state index contributed by atoms with van der Waals surface area (Å²) in [6.07, 6.45) is 9.89. The van der Waals surface area contributed by atoms with Crippen LogP contribution in [-0.4, -0.2) is 35.1 Å². The number of pyridine rings is 1. The van der Waals surface area contributed by atoms with Crippen LogP contribution in [0.25, 0.3) is 22.2 Å². The molecule has 5 rings (SSSR count). The van der Waals surface area contributed by atoms with Gasteiger partial charge in [-0.05, 0) is 43.4 Å². The summed E-state index contributed by atoms with van der Waals surface area (Å²) in [5.74, 6) is -0.159. The van der Waals surface area contributed by atoms with Crippen LogP contribution in [0.2, 0.25) is 0 Å². The van der Waals surface area contributed by atoms with E-state index in [1.54, 1.807) is 12.4 Å². The summed E-state index contributed by atoms with van der Waals surface area (Å²) in [6.45, 7) is -3.01. The molecule has 38 heavy (non-hydrogen) atoms. The zero-order chi connectivity index (χ0) is 26.5. The molecule has 0 unspecified atom stereocenters.